The molecule has 1 aliphatic rings. The number of hydrogen-bond acceptors (Lipinski definition) is 5. The topological polar surface area (TPSA) is 74.9 Å². The Hall–Kier alpha value is -4.11. The summed E-state index contributed by atoms with van der Waals surface area (Å²) < 4.78 is 11.4. The lowest BCUT2D eigenvalue weighted by Gasteiger charge is -2.24. The predicted molar refractivity (Wildman–Crippen MR) is 120 cm³/mol. The molecule has 154 valence electrons. The van der Waals surface area contributed by atoms with Crippen LogP contribution in [0.4, 0.5) is 5.69 Å². The summed E-state index contributed by atoms with van der Waals surface area (Å²) in [6.07, 6.45) is 0. The molecule has 0 aromatic heterocycles. The second-order valence-corrected chi connectivity index (χ2v) is 7.02. The molecule has 0 N–H and O–H groups in total. The largest absolute Gasteiger partial charge is 0.493 e. The van der Waals surface area contributed by atoms with Gasteiger partial charge in [-0.15, -0.1) is 0 Å². The first-order valence-electron chi connectivity index (χ1n) is 9.76. The van der Waals surface area contributed by atoms with E-state index in [9.17, 15) is 10.1 Å². The molecule has 3 aromatic rings. The maximum Gasteiger partial charge on any atom is 0.248 e. The van der Waals surface area contributed by atoms with Crippen molar-refractivity contribution >= 4 is 17.3 Å². The summed E-state index contributed by atoms with van der Waals surface area (Å²) in [4.78, 5) is 19.0. The average molecular weight is 411 g/mol. The van der Waals surface area contributed by atoms with Gasteiger partial charge in [-0.05, 0) is 11.6 Å². The summed E-state index contributed by atoms with van der Waals surface area (Å²) in [5.41, 5.74) is 4.73. The fourth-order valence-corrected chi connectivity index (χ4v) is 3.84. The number of benzene rings is 3. The number of methoxy groups -OCH3 is 2. The van der Waals surface area contributed by atoms with E-state index in [1.807, 2.05) is 48.5 Å². The molecule has 0 aliphatic carbocycles. The molecule has 6 nitrogen and oxygen atoms in total. The standard InChI is InChI=1S/C25H21N3O3/c1-28-19-13-20(30-2)25(31-3)22(16-9-5-4-6-10-16)23(19)24(27-15-21(28)29)18-12-8-7-11-17(18)14-26/h4-13H,15H2,1-3H3. The molecular formula is C25H21N3O3. The van der Waals surface area contributed by atoms with Crippen LogP contribution in [0, 0.1) is 11.3 Å². The van der Waals surface area contributed by atoms with Crippen molar-refractivity contribution in [1.29, 1.82) is 5.26 Å². The molecule has 0 atom stereocenters. The molecule has 0 spiro atoms. The Labute approximate surface area is 181 Å². The summed E-state index contributed by atoms with van der Waals surface area (Å²) in [5.74, 6) is 0.892. The molecule has 0 unspecified atom stereocenters. The van der Waals surface area contributed by atoms with Crippen molar-refractivity contribution in [1.82, 2.24) is 0 Å². The molecule has 0 fully saturated rings. The van der Waals surface area contributed by atoms with Crippen molar-refractivity contribution in [3.8, 4) is 28.7 Å². The molecule has 0 saturated carbocycles. The van der Waals surface area contributed by atoms with Gasteiger partial charge in [-0.3, -0.25) is 9.79 Å². The van der Waals surface area contributed by atoms with Crippen molar-refractivity contribution in [3.05, 3.63) is 77.4 Å². The van der Waals surface area contributed by atoms with E-state index in [4.69, 9.17) is 9.47 Å². The Kier molecular flexibility index (Phi) is 5.42. The number of carbonyl (C=O) groups is 1. The third-order valence-corrected chi connectivity index (χ3v) is 5.36. The molecule has 3 aromatic carbocycles. The number of rotatable bonds is 4. The van der Waals surface area contributed by atoms with E-state index in [-0.39, 0.29) is 12.5 Å². The molecule has 6 heteroatoms. The van der Waals surface area contributed by atoms with Gasteiger partial charge in [0.2, 0.25) is 5.91 Å². The van der Waals surface area contributed by atoms with Gasteiger partial charge in [0.25, 0.3) is 0 Å². The minimum Gasteiger partial charge on any atom is -0.493 e. The van der Waals surface area contributed by atoms with Gasteiger partial charge in [0.05, 0.1) is 37.3 Å². The highest BCUT2D eigenvalue weighted by Gasteiger charge is 2.31. The molecule has 0 saturated heterocycles. The number of carbonyl (C=O) groups excluding carboxylic acids is 1. The van der Waals surface area contributed by atoms with Crippen LogP contribution in [0.15, 0.2) is 65.7 Å². The lowest BCUT2D eigenvalue weighted by atomic mass is 9.88. The van der Waals surface area contributed by atoms with Gasteiger partial charge >= 0.3 is 0 Å². The van der Waals surface area contributed by atoms with Crippen molar-refractivity contribution in [2.24, 2.45) is 4.99 Å². The zero-order valence-electron chi connectivity index (χ0n) is 17.5. The summed E-state index contributed by atoms with van der Waals surface area (Å²) in [6.45, 7) is -0.0286. The Morgan fingerprint density at radius 1 is 1.00 bits per heavy atom. The molecule has 31 heavy (non-hydrogen) atoms. The second kappa shape index (κ2) is 8.33. The van der Waals surface area contributed by atoms with Crippen LogP contribution in [0.1, 0.15) is 16.7 Å². The number of nitrogens with zero attached hydrogens (tertiary/aromatic N) is 3. The number of anilines is 1. The minimum atomic E-state index is -0.156. The van der Waals surface area contributed by atoms with E-state index in [2.05, 4.69) is 11.1 Å². The highest BCUT2D eigenvalue weighted by Crippen LogP contribution is 2.47. The SMILES string of the molecule is COc1cc2c(c(-c3ccccc3)c1OC)C(c1ccccc1C#N)=NCC(=O)N2C. The summed E-state index contributed by atoms with van der Waals surface area (Å²) in [7, 11) is 4.87. The summed E-state index contributed by atoms with van der Waals surface area (Å²) >= 11 is 0. The first kappa shape index (κ1) is 20.2. The first-order valence-corrected chi connectivity index (χ1v) is 9.76. The fraction of sp³-hybridized carbons (Fsp3) is 0.160. The Bertz CT molecular complexity index is 1230. The van der Waals surface area contributed by atoms with Gasteiger partial charge in [-0.25, -0.2) is 0 Å². The van der Waals surface area contributed by atoms with Crippen LogP contribution in [0.2, 0.25) is 0 Å². The van der Waals surface area contributed by atoms with Crippen LogP contribution in [-0.4, -0.2) is 39.4 Å². The van der Waals surface area contributed by atoms with Crippen LogP contribution in [0.3, 0.4) is 0 Å². The van der Waals surface area contributed by atoms with Crippen LogP contribution in [-0.2, 0) is 4.79 Å². The van der Waals surface area contributed by atoms with E-state index in [1.165, 1.54) is 0 Å². The van der Waals surface area contributed by atoms with E-state index < -0.39 is 0 Å². The molecule has 1 amide bonds. The van der Waals surface area contributed by atoms with Crippen LogP contribution in [0.5, 0.6) is 11.5 Å². The maximum absolute atomic E-state index is 12.8. The van der Waals surface area contributed by atoms with Crippen molar-refractivity contribution in [2.75, 3.05) is 32.7 Å². The quantitative estimate of drug-likeness (QED) is 0.649. The smallest absolute Gasteiger partial charge is 0.248 e. The van der Waals surface area contributed by atoms with Crippen LogP contribution >= 0.6 is 0 Å². The highest BCUT2D eigenvalue weighted by atomic mass is 16.5. The lowest BCUT2D eigenvalue weighted by Crippen LogP contribution is -2.28. The normalized spacial score (nSPS) is 13.0. The highest BCUT2D eigenvalue weighted by molar-refractivity contribution is 6.24. The fourth-order valence-electron chi connectivity index (χ4n) is 3.84. The number of amides is 1. The van der Waals surface area contributed by atoms with E-state index in [0.717, 1.165) is 16.7 Å². The van der Waals surface area contributed by atoms with Gasteiger partial charge in [0, 0.05) is 29.8 Å². The number of likely N-dealkylation sites (N-methyl/N-ethyl adjacent to an activating group) is 1. The minimum absolute atomic E-state index is 0.0286. The van der Waals surface area contributed by atoms with E-state index >= 15 is 0 Å². The lowest BCUT2D eigenvalue weighted by molar-refractivity contribution is -0.116. The summed E-state index contributed by atoms with van der Waals surface area (Å²) in [5, 5.41) is 9.71. The summed E-state index contributed by atoms with van der Waals surface area (Å²) in [6, 6.07) is 21.0. The Morgan fingerprint density at radius 3 is 2.39 bits per heavy atom. The van der Waals surface area contributed by atoms with E-state index in [1.54, 1.807) is 38.3 Å². The molecule has 1 aliphatic heterocycles. The first-order chi connectivity index (χ1) is 15.1. The van der Waals surface area contributed by atoms with Crippen LogP contribution in [0.25, 0.3) is 11.1 Å². The molecule has 1 heterocycles. The monoisotopic (exact) mass is 411 g/mol. The molecule has 0 bridgehead atoms. The number of benzodiazepines with no additional fused rings is 1. The number of aliphatic imine (C=N–C) groups is 1. The number of ether oxygens (including phenoxy) is 2. The third kappa shape index (κ3) is 3.40. The van der Waals surface area contributed by atoms with Gasteiger partial charge in [-0.1, -0.05) is 48.5 Å². The van der Waals surface area contributed by atoms with E-state index in [0.29, 0.717) is 34.0 Å². The predicted octanol–water partition coefficient (Wildman–Crippen LogP) is 4.06. The maximum atomic E-state index is 12.8. The van der Waals surface area contributed by atoms with Gasteiger partial charge in [-0.2, -0.15) is 5.26 Å². The Morgan fingerprint density at radius 2 is 1.71 bits per heavy atom. The van der Waals surface area contributed by atoms with Crippen LogP contribution < -0.4 is 14.4 Å². The Balaban J connectivity index is 2.17. The molecular weight excluding hydrogens is 390 g/mol. The molecule has 4 rings (SSSR count). The number of hydrogen-bond donors (Lipinski definition) is 0. The van der Waals surface area contributed by atoms with Gasteiger partial charge < -0.3 is 14.4 Å². The zero-order valence-corrected chi connectivity index (χ0v) is 17.5. The number of fused-ring (bicyclic) bond motifs is 1. The third-order valence-electron chi connectivity index (χ3n) is 5.36. The molecule has 0 radical (unpaired) electrons. The average Bonchev–Trinajstić information content (AvgIpc) is 2.94. The second-order valence-electron chi connectivity index (χ2n) is 7.02. The van der Waals surface area contributed by atoms with Gasteiger partial charge in [0.15, 0.2) is 11.5 Å². The van der Waals surface area contributed by atoms with Gasteiger partial charge in [0.1, 0.15) is 6.54 Å². The zero-order chi connectivity index (χ0) is 22.0. The number of nitriles is 1. The van der Waals surface area contributed by atoms with Crippen molar-refractivity contribution in [2.45, 2.75) is 0 Å². The van der Waals surface area contributed by atoms with Crippen molar-refractivity contribution < 1.29 is 14.3 Å². The van der Waals surface area contributed by atoms with Crippen molar-refractivity contribution in [3.63, 3.8) is 0 Å².